The van der Waals surface area contributed by atoms with E-state index in [1.807, 2.05) is 24.3 Å². The van der Waals surface area contributed by atoms with Crippen LogP contribution in [0, 0.1) is 0 Å². The lowest BCUT2D eigenvalue weighted by Gasteiger charge is -2.38. The molecule has 0 heterocycles. The van der Waals surface area contributed by atoms with Crippen molar-refractivity contribution in [1.29, 1.82) is 0 Å². The summed E-state index contributed by atoms with van der Waals surface area (Å²) in [5.74, 6) is 0.307. The molecule has 1 atom stereocenters. The maximum absolute atomic E-state index is 13.5. The summed E-state index contributed by atoms with van der Waals surface area (Å²) >= 11 is 0. The van der Waals surface area contributed by atoms with Crippen LogP contribution in [0.15, 0.2) is 24.3 Å². The van der Waals surface area contributed by atoms with Crippen molar-refractivity contribution < 1.29 is 13.9 Å². The molecule has 1 saturated carbocycles. The Morgan fingerprint density at radius 2 is 1.95 bits per heavy atom. The summed E-state index contributed by atoms with van der Waals surface area (Å²) in [6.07, 6.45) is 3.01. The maximum Gasteiger partial charge on any atom is 0.133 e. The molecule has 116 valence electrons. The Bertz CT molecular complexity index is 472. The molecule has 0 amide bonds. The summed E-state index contributed by atoms with van der Waals surface area (Å²) in [6, 6.07) is 7.96. The van der Waals surface area contributed by atoms with Crippen molar-refractivity contribution in [3.05, 3.63) is 35.4 Å². The standard InChI is InChI=1S/C18H25FO2/c1-3-12-21-18(10-8-16(20)9-11-18)17-7-5-4-6-15(17)13-14(2)19/h4-7,14H,3,8-13H2,1-2H3. The molecule has 0 radical (unpaired) electrons. The van der Waals surface area contributed by atoms with Crippen molar-refractivity contribution in [3.63, 3.8) is 0 Å². The molecule has 1 aromatic carbocycles. The van der Waals surface area contributed by atoms with Gasteiger partial charge in [-0.05, 0) is 37.3 Å². The fraction of sp³-hybridized carbons (Fsp3) is 0.611. The van der Waals surface area contributed by atoms with E-state index in [9.17, 15) is 9.18 Å². The third-order valence-electron chi connectivity index (χ3n) is 4.21. The van der Waals surface area contributed by atoms with Crippen molar-refractivity contribution in [2.45, 2.75) is 64.1 Å². The van der Waals surface area contributed by atoms with Crippen molar-refractivity contribution >= 4 is 5.78 Å². The summed E-state index contributed by atoms with van der Waals surface area (Å²) in [5, 5.41) is 0. The van der Waals surface area contributed by atoms with Crippen LogP contribution in [-0.4, -0.2) is 18.6 Å². The van der Waals surface area contributed by atoms with E-state index in [0.717, 1.165) is 17.5 Å². The van der Waals surface area contributed by atoms with E-state index in [1.165, 1.54) is 0 Å². The molecular formula is C18H25FO2. The molecule has 1 aromatic rings. The van der Waals surface area contributed by atoms with E-state index < -0.39 is 11.8 Å². The third-order valence-corrected chi connectivity index (χ3v) is 4.21. The fourth-order valence-corrected chi connectivity index (χ4v) is 3.17. The van der Waals surface area contributed by atoms with Gasteiger partial charge in [0.15, 0.2) is 0 Å². The zero-order valence-corrected chi connectivity index (χ0v) is 13.0. The zero-order valence-electron chi connectivity index (χ0n) is 13.0. The number of carbonyl (C=O) groups excluding carboxylic acids is 1. The molecule has 0 spiro atoms. The van der Waals surface area contributed by atoms with Gasteiger partial charge in [0, 0.05) is 25.9 Å². The van der Waals surface area contributed by atoms with Gasteiger partial charge in [0.2, 0.25) is 0 Å². The van der Waals surface area contributed by atoms with Crippen molar-refractivity contribution in [2.75, 3.05) is 6.61 Å². The van der Waals surface area contributed by atoms with E-state index in [-0.39, 0.29) is 0 Å². The molecule has 0 aliphatic heterocycles. The molecule has 1 aliphatic rings. The summed E-state index contributed by atoms with van der Waals surface area (Å²) in [4.78, 5) is 11.6. The van der Waals surface area contributed by atoms with Gasteiger partial charge in [0.1, 0.15) is 12.0 Å². The molecule has 0 bridgehead atoms. The van der Waals surface area contributed by atoms with Gasteiger partial charge >= 0.3 is 0 Å². The largest absolute Gasteiger partial charge is 0.370 e. The SMILES string of the molecule is CCCOC1(c2ccccc2CC(C)F)CCC(=O)CC1. The lowest BCUT2D eigenvalue weighted by atomic mass is 9.76. The van der Waals surface area contributed by atoms with E-state index >= 15 is 0 Å². The van der Waals surface area contributed by atoms with Crippen LogP contribution in [0.2, 0.25) is 0 Å². The molecule has 21 heavy (non-hydrogen) atoms. The van der Waals surface area contributed by atoms with Crippen LogP contribution in [-0.2, 0) is 21.6 Å². The lowest BCUT2D eigenvalue weighted by molar-refractivity contribution is -0.131. The smallest absolute Gasteiger partial charge is 0.133 e. The quantitative estimate of drug-likeness (QED) is 0.779. The van der Waals surface area contributed by atoms with E-state index in [4.69, 9.17) is 4.74 Å². The molecule has 3 heteroatoms. The average Bonchev–Trinajstić information content (AvgIpc) is 2.47. The highest BCUT2D eigenvalue weighted by Gasteiger charge is 2.38. The Morgan fingerprint density at radius 1 is 1.29 bits per heavy atom. The van der Waals surface area contributed by atoms with Gasteiger partial charge in [0.25, 0.3) is 0 Å². The number of alkyl halides is 1. The molecule has 1 fully saturated rings. The summed E-state index contributed by atoms with van der Waals surface area (Å²) < 4.78 is 19.7. The molecule has 2 nitrogen and oxygen atoms in total. The number of hydrogen-bond donors (Lipinski definition) is 0. The van der Waals surface area contributed by atoms with Crippen molar-refractivity contribution in [2.24, 2.45) is 0 Å². The predicted molar refractivity (Wildman–Crippen MR) is 82.1 cm³/mol. The number of Topliss-reactive ketones (excluding diaryl/α,β-unsaturated/α-hetero) is 1. The second kappa shape index (κ2) is 7.17. The van der Waals surface area contributed by atoms with Crippen LogP contribution in [0.1, 0.15) is 57.1 Å². The van der Waals surface area contributed by atoms with E-state index in [0.29, 0.717) is 44.5 Å². The minimum absolute atomic E-state index is 0.307. The first kappa shape index (κ1) is 16.2. The topological polar surface area (TPSA) is 26.3 Å². The Labute approximate surface area is 126 Å². The molecule has 0 aromatic heterocycles. The van der Waals surface area contributed by atoms with Crippen LogP contribution in [0.5, 0.6) is 0 Å². The predicted octanol–water partition coefficient (Wildman–Crippen LogP) is 4.35. The summed E-state index contributed by atoms with van der Waals surface area (Å²) in [6.45, 7) is 4.34. The highest BCUT2D eigenvalue weighted by atomic mass is 19.1. The molecule has 0 saturated heterocycles. The molecule has 0 N–H and O–H groups in total. The van der Waals surface area contributed by atoms with Crippen LogP contribution in [0.25, 0.3) is 0 Å². The van der Waals surface area contributed by atoms with Crippen LogP contribution in [0.4, 0.5) is 4.39 Å². The zero-order chi connectivity index (χ0) is 15.3. The van der Waals surface area contributed by atoms with Gasteiger partial charge < -0.3 is 4.74 Å². The molecule has 2 rings (SSSR count). The Morgan fingerprint density at radius 3 is 2.57 bits per heavy atom. The van der Waals surface area contributed by atoms with Crippen LogP contribution >= 0.6 is 0 Å². The third kappa shape index (κ3) is 3.91. The minimum Gasteiger partial charge on any atom is -0.370 e. The lowest BCUT2D eigenvalue weighted by Crippen LogP contribution is -2.36. The second-order valence-electron chi connectivity index (χ2n) is 6.02. The van der Waals surface area contributed by atoms with E-state index in [1.54, 1.807) is 6.92 Å². The number of hydrogen-bond acceptors (Lipinski definition) is 2. The highest BCUT2D eigenvalue weighted by Crippen LogP contribution is 2.41. The Kier molecular flexibility index (Phi) is 5.51. The number of carbonyl (C=O) groups is 1. The van der Waals surface area contributed by atoms with Gasteiger partial charge in [-0.25, -0.2) is 4.39 Å². The Hall–Kier alpha value is -1.22. The summed E-state index contributed by atoms with van der Waals surface area (Å²) in [7, 11) is 0. The fourth-order valence-electron chi connectivity index (χ4n) is 3.17. The van der Waals surface area contributed by atoms with Gasteiger partial charge in [-0.2, -0.15) is 0 Å². The molecular weight excluding hydrogens is 267 g/mol. The van der Waals surface area contributed by atoms with E-state index in [2.05, 4.69) is 6.92 Å². The minimum atomic E-state index is -0.875. The highest BCUT2D eigenvalue weighted by molar-refractivity contribution is 5.79. The van der Waals surface area contributed by atoms with Gasteiger partial charge in [0.05, 0.1) is 5.60 Å². The number of ketones is 1. The van der Waals surface area contributed by atoms with Gasteiger partial charge in [-0.3, -0.25) is 4.79 Å². The first-order valence-electron chi connectivity index (χ1n) is 7.95. The van der Waals surface area contributed by atoms with Crippen molar-refractivity contribution in [1.82, 2.24) is 0 Å². The number of halogens is 1. The monoisotopic (exact) mass is 292 g/mol. The van der Waals surface area contributed by atoms with Crippen molar-refractivity contribution in [3.8, 4) is 0 Å². The number of ether oxygens (including phenoxy) is 1. The second-order valence-corrected chi connectivity index (χ2v) is 6.02. The van der Waals surface area contributed by atoms with Crippen LogP contribution in [0.3, 0.4) is 0 Å². The molecule has 1 unspecified atom stereocenters. The van der Waals surface area contributed by atoms with Crippen LogP contribution < -0.4 is 0 Å². The number of rotatable bonds is 6. The average molecular weight is 292 g/mol. The summed E-state index contributed by atoms with van der Waals surface area (Å²) in [5.41, 5.74) is 1.68. The van der Waals surface area contributed by atoms with Gasteiger partial charge in [-0.15, -0.1) is 0 Å². The normalized spacial score (nSPS) is 19.5. The number of benzene rings is 1. The first-order chi connectivity index (χ1) is 10.1. The maximum atomic E-state index is 13.5. The van der Waals surface area contributed by atoms with Gasteiger partial charge in [-0.1, -0.05) is 31.2 Å². The molecule has 1 aliphatic carbocycles. The first-order valence-corrected chi connectivity index (χ1v) is 7.95. The Balaban J connectivity index is 2.34.